The van der Waals surface area contributed by atoms with Crippen LogP contribution in [0.5, 0.6) is 0 Å². The number of hydrogen-bond acceptors (Lipinski definition) is 3. The summed E-state index contributed by atoms with van der Waals surface area (Å²) in [4.78, 5) is 26.1. The van der Waals surface area contributed by atoms with Crippen molar-refractivity contribution in [3.05, 3.63) is 53.6 Å². The lowest BCUT2D eigenvalue weighted by molar-refractivity contribution is -0.115. The molecular weight excluding hydrogens is 266 g/mol. The number of nitrogens with zero attached hydrogens (tertiary/aromatic N) is 1. The van der Waals surface area contributed by atoms with Crippen LogP contribution in [0.1, 0.15) is 15.9 Å². The molecule has 0 aromatic heterocycles. The van der Waals surface area contributed by atoms with E-state index in [1.165, 1.54) is 4.90 Å². The summed E-state index contributed by atoms with van der Waals surface area (Å²) in [6.07, 6.45) is 0. The Morgan fingerprint density at radius 1 is 1.19 bits per heavy atom. The van der Waals surface area contributed by atoms with Gasteiger partial charge >= 0.3 is 0 Å². The van der Waals surface area contributed by atoms with Crippen molar-refractivity contribution in [2.45, 2.75) is 6.92 Å². The van der Waals surface area contributed by atoms with Crippen molar-refractivity contribution in [3.63, 3.8) is 0 Å². The molecule has 2 amide bonds. The van der Waals surface area contributed by atoms with E-state index in [1.54, 1.807) is 24.3 Å². The largest absolute Gasteiger partial charge is 0.398 e. The van der Waals surface area contributed by atoms with E-state index in [0.29, 0.717) is 22.6 Å². The molecule has 0 bridgehead atoms. The fourth-order valence-electron chi connectivity index (χ4n) is 2.53. The highest BCUT2D eigenvalue weighted by atomic mass is 16.2. The molecule has 21 heavy (non-hydrogen) atoms. The van der Waals surface area contributed by atoms with E-state index in [0.717, 1.165) is 5.56 Å². The zero-order valence-corrected chi connectivity index (χ0v) is 11.6. The molecule has 0 fully saturated rings. The Kier molecular flexibility index (Phi) is 3.10. The molecule has 1 aliphatic heterocycles. The smallest absolute Gasteiger partial charge is 0.261 e. The number of benzene rings is 2. The Morgan fingerprint density at radius 2 is 1.95 bits per heavy atom. The highest BCUT2D eigenvalue weighted by molar-refractivity contribution is 6.17. The number of nitrogens with two attached hydrogens (primary N) is 1. The van der Waals surface area contributed by atoms with Crippen LogP contribution in [-0.2, 0) is 4.79 Å². The standard InChI is InChI=1S/C16H15N3O2/c1-10-5-4-6-11(17)15(10)16(21)19-9-14(20)18-12-7-2-3-8-13(12)19/h2-8H,9,17H2,1H3,(H,18,20). The second kappa shape index (κ2) is 4.94. The maximum Gasteiger partial charge on any atom is 0.261 e. The van der Waals surface area contributed by atoms with Crippen LogP contribution in [0.3, 0.4) is 0 Å². The number of nitrogen functional groups attached to an aromatic ring is 1. The van der Waals surface area contributed by atoms with Crippen LogP contribution in [0.25, 0.3) is 0 Å². The topological polar surface area (TPSA) is 75.4 Å². The van der Waals surface area contributed by atoms with Crippen molar-refractivity contribution in [3.8, 4) is 0 Å². The SMILES string of the molecule is Cc1cccc(N)c1C(=O)N1CC(=O)Nc2ccccc21. The predicted molar refractivity (Wildman–Crippen MR) is 82.3 cm³/mol. The molecule has 0 saturated carbocycles. The highest BCUT2D eigenvalue weighted by Gasteiger charge is 2.29. The highest BCUT2D eigenvalue weighted by Crippen LogP contribution is 2.31. The van der Waals surface area contributed by atoms with Crippen molar-refractivity contribution >= 4 is 28.9 Å². The minimum absolute atomic E-state index is 0.0103. The summed E-state index contributed by atoms with van der Waals surface area (Å²) in [7, 11) is 0. The maximum atomic E-state index is 12.8. The molecule has 106 valence electrons. The van der Waals surface area contributed by atoms with Crippen molar-refractivity contribution in [2.75, 3.05) is 22.5 Å². The molecular formula is C16H15N3O2. The van der Waals surface area contributed by atoms with E-state index in [-0.39, 0.29) is 18.4 Å². The second-order valence-corrected chi connectivity index (χ2v) is 5.00. The van der Waals surface area contributed by atoms with E-state index >= 15 is 0 Å². The molecule has 0 atom stereocenters. The van der Waals surface area contributed by atoms with Crippen LogP contribution in [0.4, 0.5) is 17.1 Å². The fourth-order valence-corrected chi connectivity index (χ4v) is 2.53. The number of carbonyl (C=O) groups is 2. The Bertz CT molecular complexity index is 720. The van der Waals surface area contributed by atoms with Gasteiger partial charge in [0.15, 0.2) is 0 Å². The van der Waals surface area contributed by atoms with Gasteiger partial charge < -0.3 is 11.1 Å². The van der Waals surface area contributed by atoms with Gasteiger partial charge in [-0.25, -0.2) is 0 Å². The average Bonchev–Trinajstić information content (AvgIpc) is 2.46. The molecule has 3 rings (SSSR count). The van der Waals surface area contributed by atoms with E-state index in [9.17, 15) is 9.59 Å². The summed E-state index contributed by atoms with van der Waals surface area (Å²) in [5.74, 6) is -0.470. The summed E-state index contributed by atoms with van der Waals surface area (Å²) in [6, 6.07) is 12.6. The lowest BCUT2D eigenvalue weighted by atomic mass is 10.0. The monoisotopic (exact) mass is 281 g/mol. The molecule has 2 aromatic carbocycles. The van der Waals surface area contributed by atoms with Gasteiger partial charge in [-0.2, -0.15) is 0 Å². The molecule has 0 unspecified atom stereocenters. The van der Waals surface area contributed by atoms with Gasteiger partial charge in [0, 0.05) is 5.69 Å². The minimum Gasteiger partial charge on any atom is -0.398 e. The van der Waals surface area contributed by atoms with Crippen molar-refractivity contribution in [2.24, 2.45) is 0 Å². The van der Waals surface area contributed by atoms with Gasteiger partial charge in [-0.05, 0) is 30.7 Å². The Labute approximate surface area is 122 Å². The molecule has 0 saturated heterocycles. The lowest BCUT2D eigenvalue weighted by Gasteiger charge is -2.29. The summed E-state index contributed by atoms with van der Waals surface area (Å²) >= 11 is 0. The van der Waals surface area contributed by atoms with Gasteiger partial charge in [0.25, 0.3) is 5.91 Å². The third-order valence-corrected chi connectivity index (χ3v) is 3.53. The molecule has 0 aliphatic carbocycles. The first-order chi connectivity index (χ1) is 10.1. The summed E-state index contributed by atoms with van der Waals surface area (Å²) in [6.45, 7) is 1.82. The van der Waals surface area contributed by atoms with Crippen molar-refractivity contribution < 1.29 is 9.59 Å². The number of hydrogen-bond donors (Lipinski definition) is 2. The normalized spacial score (nSPS) is 13.6. The van der Waals surface area contributed by atoms with Gasteiger partial charge in [-0.15, -0.1) is 0 Å². The van der Waals surface area contributed by atoms with Crippen LogP contribution >= 0.6 is 0 Å². The minimum atomic E-state index is -0.257. The predicted octanol–water partition coefficient (Wildman–Crippen LogP) is 2.18. The third-order valence-electron chi connectivity index (χ3n) is 3.53. The first-order valence-electron chi connectivity index (χ1n) is 6.64. The Balaban J connectivity index is 2.09. The van der Waals surface area contributed by atoms with E-state index in [2.05, 4.69) is 5.32 Å². The number of para-hydroxylation sites is 2. The second-order valence-electron chi connectivity index (χ2n) is 5.00. The molecule has 1 aliphatic rings. The van der Waals surface area contributed by atoms with E-state index in [4.69, 9.17) is 5.73 Å². The number of amides is 2. The summed E-state index contributed by atoms with van der Waals surface area (Å²) < 4.78 is 0. The van der Waals surface area contributed by atoms with Gasteiger partial charge in [0.1, 0.15) is 6.54 Å². The van der Waals surface area contributed by atoms with E-state index < -0.39 is 0 Å². The van der Waals surface area contributed by atoms with E-state index in [1.807, 2.05) is 25.1 Å². The number of carbonyl (C=O) groups excluding carboxylic acids is 2. The number of nitrogens with one attached hydrogen (secondary N) is 1. The third kappa shape index (κ3) is 2.23. The van der Waals surface area contributed by atoms with Gasteiger partial charge in [-0.1, -0.05) is 24.3 Å². The maximum absolute atomic E-state index is 12.8. The fraction of sp³-hybridized carbons (Fsp3) is 0.125. The first kappa shape index (κ1) is 13.2. The number of aryl methyl sites for hydroxylation is 1. The molecule has 2 aromatic rings. The molecule has 5 nitrogen and oxygen atoms in total. The quantitative estimate of drug-likeness (QED) is 0.787. The average molecular weight is 281 g/mol. The van der Waals surface area contributed by atoms with Gasteiger partial charge in [-0.3, -0.25) is 14.5 Å². The zero-order chi connectivity index (χ0) is 15.0. The molecule has 0 radical (unpaired) electrons. The summed E-state index contributed by atoms with van der Waals surface area (Å²) in [5, 5.41) is 2.76. The Morgan fingerprint density at radius 3 is 2.71 bits per heavy atom. The van der Waals surface area contributed by atoms with Crippen LogP contribution in [0, 0.1) is 6.92 Å². The van der Waals surface area contributed by atoms with Crippen LogP contribution in [0.15, 0.2) is 42.5 Å². The molecule has 1 heterocycles. The van der Waals surface area contributed by atoms with Crippen LogP contribution < -0.4 is 16.0 Å². The summed E-state index contributed by atoms with van der Waals surface area (Å²) in [5.41, 5.74) is 8.92. The number of fused-ring (bicyclic) bond motifs is 1. The number of rotatable bonds is 1. The van der Waals surface area contributed by atoms with Crippen LogP contribution in [-0.4, -0.2) is 18.4 Å². The Hall–Kier alpha value is -2.82. The van der Waals surface area contributed by atoms with Crippen LogP contribution in [0.2, 0.25) is 0 Å². The van der Waals surface area contributed by atoms with Crippen molar-refractivity contribution in [1.82, 2.24) is 0 Å². The van der Waals surface area contributed by atoms with Crippen molar-refractivity contribution in [1.29, 1.82) is 0 Å². The zero-order valence-electron chi connectivity index (χ0n) is 11.6. The van der Waals surface area contributed by atoms with Gasteiger partial charge in [0.2, 0.25) is 5.91 Å². The lowest BCUT2D eigenvalue weighted by Crippen LogP contribution is -2.42. The first-order valence-corrected chi connectivity index (χ1v) is 6.64. The molecule has 3 N–H and O–H groups in total. The molecule has 0 spiro atoms. The molecule has 5 heteroatoms. The van der Waals surface area contributed by atoms with Gasteiger partial charge in [0.05, 0.1) is 16.9 Å². The number of anilines is 3.